The van der Waals surface area contributed by atoms with Crippen molar-refractivity contribution in [2.45, 2.75) is 52.7 Å². The van der Waals surface area contributed by atoms with Crippen molar-refractivity contribution in [3.8, 4) is 0 Å². The van der Waals surface area contributed by atoms with Crippen LogP contribution >= 0.6 is 0 Å². The first-order valence-corrected chi connectivity index (χ1v) is 8.74. The molecule has 2 heterocycles. The van der Waals surface area contributed by atoms with Gasteiger partial charge in [-0.05, 0) is 44.9 Å². The van der Waals surface area contributed by atoms with E-state index < -0.39 is 0 Å². The number of hydrogen-bond acceptors (Lipinski definition) is 5. The van der Waals surface area contributed by atoms with E-state index in [0.29, 0.717) is 11.9 Å². The van der Waals surface area contributed by atoms with Crippen molar-refractivity contribution in [3.05, 3.63) is 46.7 Å². The van der Waals surface area contributed by atoms with Gasteiger partial charge in [0.2, 0.25) is 11.8 Å². The van der Waals surface area contributed by atoms with E-state index in [0.717, 1.165) is 38.4 Å². The molecule has 0 radical (unpaired) electrons. The number of ether oxygens (including phenoxy) is 1. The van der Waals surface area contributed by atoms with Gasteiger partial charge >= 0.3 is 0 Å². The molecule has 0 amide bonds. The molecule has 2 atom stereocenters. The number of aromatic nitrogens is 2. The van der Waals surface area contributed by atoms with Crippen LogP contribution in [0.1, 0.15) is 47.9 Å². The SMILES string of the molecule is Cc1ccc(C)c([C@H]2CN(CCCc3nnc(C)o3)[C@@H](C)CO2)c1. The zero-order valence-corrected chi connectivity index (χ0v) is 15.1. The molecule has 1 saturated heterocycles. The molecular weight excluding hydrogens is 302 g/mol. The second kappa shape index (κ2) is 7.45. The molecule has 1 aliphatic heterocycles. The van der Waals surface area contributed by atoms with E-state index >= 15 is 0 Å². The topological polar surface area (TPSA) is 51.4 Å². The van der Waals surface area contributed by atoms with Crippen LogP contribution in [0.15, 0.2) is 22.6 Å². The Morgan fingerprint density at radius 2 is 2.04 bits per heavy atom. The summed E-state index contributed by atoms with van der Waals surface area (Å²) < 4.78 is 11.6. The molecule has 0 N–H and O–H groups in total. The highest BCUT2D eigenvalue weighted by Gasteiger charge is 2.27. The second-order valence-corrected chi connectivity index (χ2v) is 6.84. The fraction of sp³-hybridized carbons (Fsp3) is 0.579. The number of morpholine rings is 1. The van der Waals surface area contributed by atoms with Crippen LogP contribution in [0, 0.1) is 20.8 Å². The lowest BCUT2D eigenvalue weighted by molar-refractivity contribution is -0.0605. The molecule has 3 rings (SSSR count). The molecule has 2 aromatic rings. The number of nitrogens with zero attached hydrogens (tertiary/aromatic N) is 3. The van der Waals surface area contributed by atoms with Gasteiger partial charge in [-0.3, -0.25) is 4.90 Å². The fourth-order valence-electron chi connectivity index (χ4n) is 3.28. The average molecular weight is 329 g/mol. The molecule has 5 nitrogen and oxygen atoms in total. The summed E-state index contributed by atoms with van der Waals surface area (Å²) in [5.74, 6) is 1.37. The summed E-state index contributed by atoms with van der Waals surface area (Å²) >= 11 is 0. The lowest BCUT2D eigenvalue weighted by atomic mass is 9.98. The van der Waals surface area contributed by atoms with Crippen molar-refractivity contribution < 1.29 is 9.15 Å². The van der Waals surface area contributed by atoms with Crippen molar-refractivity contribution in [1.29, 1.82) is 0 Å². The monoisotopic (exact) mass is 329 g/mol. The summed E-state index contributed by atoms with van der Waals surface area (Å²) in [5, 5.41) is 7.96. The van der Waals surface area contributed by atoms with Gasteiger partial charge in [0.05, 0.1) is 12.7 Å². The Bertz CT molecular complexity index is 683. The van der Waals surface area contributed by atoms with Gasteiger partial charge in [0, 0.05) is 25.9 Å². The maximum absolute atomic E-state index is 6.13. The predicted octanol–water partition coefficient (Wildman–Crippen LogP) is 3.39. The van der Waals surface area contributed by atoms with Gasteiger partial charge in [0.15, 0.2) is 0 Å². The first-order chi connectivity index (χ1) is 11.5. The van der Waals surface area contributed by atoms with Crippen LogP contribution in [-0.4, -0.2) is 40.8 Å². The van der Waals surface area contributed by atoms with Crippen molar-refractivity contribution in [1.82, 2.24) is 15.1 Å². The lowest BCUT2D eigenvalue weighted by Gasteiger charge is -2.38. The molecule has 0 unspecified atom stereocenters. The van der Waals surface area contributed by atoms with Crippen LogP contribution in [0.3, 0.4) is 0 Å². The zero-order valence-electron chi connectivity index (χ0n) is 15.1. The quantitative estimate of drug-likeness (QED) is 0.841. The van der Waals surface area contributed by atoms with Crippen LogP contribution in [-0.2, 0) is 11.2 Å². The highest BCUT2D eigenvalue weighted by molar-refractivity contribution is 5.32. The van der Waals surface area contributed by atoms with Gasteiger partial charge in [-0.2, -0.15) is 0 Å². The van der Waals surface area contributed by atoms with Gasteiger partial charge in [-0.15, -0.1) is 10.2 Å². The highest BCUT2D eigenvalue weighted by Crippen LogP contribution is 2.28. The van der Waals surface area contributed by atoms with Crippen molar-refractivity contribution in [3.63, 3.8) is 0 Å². The van der Waals surface area contributed by atoms with Crippen molar-refractivity contribution >= 4 is 0 Å². The Hall–Kier alpha value is -1.72. The third kappa shape index (κ3) is 4.02. The molecule has 0 aliphatic carbocycles. The van der Waals surface area contributed by atoms with Gasteiger partial charge in [-0.25, -0.2) is 0 Å². The Morgan fingerprint density at radius 3 is 2.79 bits per heavy atom. The minimum atomic E-state index is 0.159. The molecule has 1 aromatic heterocycles. The summed E-state index contributed by atoms with van der Waals surface area (Å²) in [7, 11) is 0. The Morgan fingerprint density at radius 1 is 1.21 bits per heavy atom. The van der Waals surface area contributed by atoms with Crippen LogP contribution in [0.4, 0.5) is 0 Å². The standard InChI is InChI=1S/C19H27N3O2/c1-13-7-8-14(2)17(10-13)18-11-22(15(3)12-23-18)9-5-6-19-21-20-16(4)24-19/h7-8,10,15,18H,5-6,9,11-12H2,1-4H3/t15-,18+/m0/s1. The Balaban J connectivity index is 1.59. The molecule has 1 aromatic carbocycles. The zero-order chi connectivity index (χ0) is 17.1. The van der Waals surface area contributed by atoms with E-state index in [9.17, 15) is 0 Å². The highest BCUT2D eigenvalue weighted by atomic mass is 16.5. The van der Waals surface area contributed by atoms with E-state index in [1.54, 1.807) is 0 Å². The minimum Gasteiger partial charge on any atom is -0.426 e. The van der Waals surface area contributed by atoms with Crippen molar-refractivity contribution in [2.75, 3.05) is 19.7 Å². The molecule has 24 heavy (non-hydrogen) atoms. The first kappa shape index (κ1) is 17.1. The molecule has 0 saturated carbocycles. The van der Waals surface area contributed by atoms with Crippen LogP contribution in [0.5, 0.6) is 0 Å². The molecule has 0 spiro atoms. The summed E-state index contributed by atoms with van der Waals surface area (Å²) in [6.45, 7) is 11.1. The second-order valence-electron chi connectivity index (χ2n) is 6.84. The van der Waals surface area contributed by atoms with E-state index in [1.165, 1.54) is 16.7 Å². The average Bonchev–Trinajstić information content (AvgIpc) is 2.97. The number of benzene rings is 1. The van der Waals surface area contributed by atoms with Gasteiger partial charge in [-0.1, -0.05) is 23.8 Å². The largest absolute Gasteiger partial charge is 0.426 e. The van der Waals surface area contributed by atoms with E-state index in [-0.39, 0.29) is 6.10 Å². The number of aryl methyl sites for hydroxylation is 4. The molecule has 1 fully saturated rings. The van der Waals surface area contributed by atoms with Crippen LogP contribution in [0.25, 0.3) is 0 Å². The third-order valence-corrected chi connectivity index (χ3v) is 4.75. The smallest absolute Gasteiger partial charge is 0.216 e. The van der Waals surface area contributed by atoms with E-state index in [1.807, 2.05) is 6.92 Å². The van der Waals surface area contributed by atoms with E-state index in [2.05, 4.69) is 54.1 Å². The molecule has 0 bridgehead atoms. The van der Waals surface area contributed by atoms with Crippen molar-refractivity contribution in [2.24, 2.45) is 0 Å². The number of hydrogen-bond donors (Lipinski definition) is 0. The Kier molecular flexibility index (Phi) is 5.31. The number of rotatable bonds is 5. The van der Waals surface area contributed by atoms with E-state index in [4.69, 9.17) is 9.15 Å². The lowest BCUT2D eigenvalue weighted by Crippen LogP contribution is -2.45. The Labute approximate surface area is 144 Å². The van der Waals surface area contributed by atoms with Crippen LogP contribution < -0.4 is 0 Å². The maximum atomic E-state index is 6.13. The van der Waals surface area contributed by atoms with Gasteiger partial charge < -0.3 is 9.15 Å². The first-order valence-electron chi connectivity index (χ1n) is 8.74. The van der Waals surface area contributed by atoms with Gasteiger partial charge in [0.25, 0.3) is 0 Å². The fourth-order valence-corrected chi connectivity index (χ4v) is 3.28. The third-order valence-electron chi connectivity index (χ3n) is 4.75. The maximum Gasteiger partial charge on any atom is 0.216 e. The summed E-state index contributed by atoms with van der Waals surface area (Å²) in [4.78, 5) is 2.51. The molecule has 130 valence electrons. The molecule has 5 heteroatoms. The minimum absolute atomic E-state index is 0.159. The summed E-state index contributed by atoms with van der Waals surface area (Å²) in [6.07, 6.45) is 2.01. The molecular formula is C19H27N3O2. The summed E-state index contributed by atoms with van der Waals surface area (Å²) in [5.41, 5.74) is 3.91. The van der Waals surface area contributed by atoms with Crippen LogP contribution in [0.2, 0.25) is 0 Å². The normalized spacial score (nSPS) is 22.0. The summed E-state index contributed by atoms with van der Waals surface area (Å²) in [6, 6.07) is 7.05. The predicted molar refractivity (Wildman–Crippen MR) is 93.0 cm³/mol. The van der Waals surface area contributed by atoms with Gasteiger partial charge in [0.1, 0.15) is 0 Å². The molecule has 1 aliphatic rings.